The van der Waals surface area contributed by atoms with Crippen LogP contribution in [0.15, 0.2) is 71.9 Å². The van der Waals surface area contributed by atoms with Gasteiger partial charge in [-0.3, -0.25) is 9.98 Å². The first kappa shape index (κ1) is 16.0. The van der Waals surface area contributed by atoms with E-state index in [4.69, 9.17) is 9.98 Å². The number of rotatable bonds is 4. The standard InChI is InChI=1S/C23H24N2/c1-3-13-23(16-17(23)2)19-12-15-25-22(18-9-5-4-6-10-18)21(19)20-11-7-8-14-24-20/h3-11,13-15,17,19H,12,16H2,1-2H3. The van der Waals surface area contributed by atoms with Crippen molar-refractivity contribution in [3.63, 3.8) is 0 Å². The molecule has 3 unspecified atom stereocenters. The third-order valence-electron chi connectivity index (χ3n) is 5.70. The average molecular weight is 328 g/mol. The maximum Gasteiger partial charge on any atom is 0.0754 e. The van der Waals surface area contributed by atoms with E-state index in [2.05, 4.69) is 74.7 Å². The lowest BCUT2D eigenvalue weighted by molar-refractivity contribution is 0.449. The van der Waals surface area contributed by atoms with Crippen molar-refractivity contribution in [1.82, 2.24) is 4.98 Å². The van der Waals surface area contributed by atoms with Crippen LogP contribution in [0.2, 0.25) is 0 Å². The molecule has 0 saturated heterocycles. The molecule has 0 bridgehead atoms. The van der Waals surface area contributed by atoms with Crippen LogP contribution in [-0.4, -0.2) is 11.2 Å². The van der Waals surface area contributed by atoms with Crippen molar-refractivity contribution in [2.45, 2.75) is 26.7 Å². The highest BCUT2D eigenvalue weighted by Gasteiger charge is 2.55. The maximum absolute atomic E-state index is 4.82. The molecule has 2 nitrogen and oxygen atoms in total. The molecule has 0 spiro atoms. The molecule has 4 rings (SSSR count). The van der Waals surface area contributed by atoms with E-state index in [0.29, 0.717) is 11.8 Å². The number of nitrogens with zero attached hydrogens (tertiary/aromatic N) is 2. The molecule has 3 atom stereocenters. The van der Waals surface area contributed by atoms with Gasteiger partial charge in [0.05, 0.1) is 11.4 Å². The minimum atomic E-state index is 0.244. The normalized spacial score (nSPS) is 28.6. The molecule has 1 saturated carbocycles. The Morgan fingerprint density at radius 1 is 1.08 bits per heavy atom. The number of hydrogen-bond acceptors (Lipinski definition) is 2. The molecule has 2 heteroatoms. The van der Waals surface area contributed by atoms with Crippen LogP contribution >= 0.6 is 0 Å². The van der Waals surface area contributed by atoms with Gasteiger partial charge in [-0.05, 0) is 43.2 Å². The minimum absolute atomic E-state index is 0.244. The SMILES string of the molecule is CC=CC1(C2CC=NC(c3ccccc3)=C2c2ccccn2)CC1C. The Morgan fingerprint density at radius 2 is 1.84 bits per heavy atom. The Kier molecular flexibility index (Phi) is 4.12. The lowest BCUT2D eigenvalue weighted by Gasteiger charge is -2.31. The van der Waals surface area contributed by atoms with Gasteiger partial charge in [-0.1, -0.05) is 55.5 Å². The van der Waals surface area contributed by atoms with Crippen LogP contribution in [0, 0.1) is 17.3 Å². The Hall–Kier alpha value is -2.48. The molecule has 0 radical (unpaired) electrons. The van der Waals surface area contributed by atoms with Gasteiger partial charge in [-0.25, -0.2) is 0 Å². The molecule has 1 fully saturated rings. The third kappa shape index (κ3) is 2.76. The van der Waals surface area contributed by atoms with Crippen molar-refractivity contribution in [3.05, 3.63) is 78.1 Å². The number of allylic oxidation sites excluding steroid dienone is 3. The van der Waals surface area contributed by atoms with E-state index in [0.717, 1.165) is 17.8 Å². The third-order valence-corrected chi connectivity index (χ3v) is 5.70. The molecular weight excluding hydrogens is 304 g/mol. The minimum Gasteiger partial charge on any atom is -0.260 e. The van der Waals surface area contributed by atoms with Gasteiger partial charge >= 0.3 is 0 Å². The van der Waals surface area contributed by atoms with Crippen LogP contribution in [0.25, 0.3) is 11.3 Å². The summed E-state index contributed by atoms with van der Waals surface area (Å²) in [5, 5.41) is 0. The van der Waals surface area contributed by atoms with Crippen molar-refractivity contribution in [2.75, 3.05) is 0 Å². The van der Waals surface area contributed by atoms with Gasteiger partial charge in [0, 0.05) is 29.5 Å². The van der Waals surface area contributed by atoms with Gasteiger partial charge < -0.3 is 0 Å². The topological polar surface area (TPSA) is 25.2 Å². The van der Waals surface area contributed by atoms with Crippen LogP contribution in [-0.2, 0) is 0 Å². The molecule has 2 heterocycles. The highest BCUT2D eigenvalue weighted by Crippen LogP contribution is 2.63. The fourth-order valence-electron chi connectivity index (χ4n) is 4.35. The maximum atomic E-state index is 4.82. The first-order valence-electron chi connectivity index (χ1n) is 9.13. The fraction of sp³-hybridized carbons (Fsp3) is 0.304. The van der Waals surface area contributed by atoms with Gasteiger partial charge in [-0.2, -0.15) is 0 Å². The van der Waals surface area contributed by atoms with E-state index in [1.165, 1.54) is 17.6 Å². The zero-order valence-electron chi connectivity index (χ0n) is 14.9. The molecule has 1 aromatic carbocycles. The van der Waals surface area contributed by atoms with Crippen molar-refractivity contribution >= 4 is 17.5 Å². The summed E-state index contributed by atoms with van der Waals surface area (Å²) in [6, 6.07) is 16.7. The van der Waals surface area contributed by atoms with Crippen LogP contribution in [0.4, 0.5) is 0 Å². The highest BCUT2D eigenvalue weighted by molar-refractivity contribution is 5.96. The summed E-state index contributed by atoms with van der Waals surface area (Å²) in [7, 11) is 0. The van der Waals surface area contributed by atoms with Crippen LogP contribution in [0.3, 0.4) is 0 Å². The molecule has 25 heavy (non-hydrogen) atoms. The summed E-state index contributed by atoms with van der Waals surface area (Å²) in [6.45, 7) is 4.50. The van der Waals surface area contributed by atoms with Gasteiger partial charge in [0.15, 0.2) is 0 Å². The Labute approximate surface area is 150 Å². The number of hydrogen-bond donors (Lipinski definition) is 0. The van der Waals surface area contributed by atoms with E-state index in [-0.39, 0.29) is 5.41 Å². The lowest BCUT2D eigenvalue weighted by atomic mass is 9.75. The smallest absolute Gasteiger partial charge is 0.0754 e. The van der Waals surface area contributed by atoms with Gasteiger partial charge in [0.1, 0.15) is 0 Å². The van der Waals surface area contributed by atoms with Gasteiger partial charge in [-0.15, -0.1) is 0 Å². The molecule has 1 aromatic heterocycles. The highest BCUT2D eigenvalue weighted by atomic mass is 14.8. The van der Waals surface area contributed by atoms with Gasteiger partial charge in [0.25, 0.3) is 0 Å². The summed E-state index contributed by atoms with van der Waals surface area (Å²) in [4.78, 5) is 9.52. The van der Waals surface area contributed by atoms with E-state index in [1.807, 2.05) is 12.3 Å². The number of pyridine rings is 1. The fourth-order valence-corrected chi connectivity index (χ4v) is 4.35. The lowest BCUT2D eigenvalue weighted by Crippen LogP contribution is -2.22. The Morgan fingerprint density at radius 3 is 2.48 bits per heavy atom. The van der Waals surface area contributed by atoms with Crippen LogP contribution in [0.5, 0.6) is 0 Å². The average Bonchev–Trinajstić information content (AvgIpc) is 3.33. The van der Waals surface area contributed by atoms with Crippen molar-refractivity contribution in [1.29, 1.82) is 0 Å². The second-order valence-electron chi connectivity index (χ2n) is 7.16. The zero-order valence-corrected chi connectivity index (χ0v) is 14.9. The second-order valence-corrected chi connectivity index (χ2v) is 7.16. The van der Waals surface area contributed by atoms with E-state index < -0.39 is 0 Å². The molecule has 1 aliphatic heterocycles. The summed E-state index contributed by atoms with van der Waals surface area (Å²) in [5.74, 6) is 1.14. The van der Waals surface area contributed by atoms with E-state index >= 15 is 0 Å². The van der Waals surface area contributed by atoms with Gasteiger partial charge in [0.2, 0.25) is 0 Å². The van der Waals surface area contributed by atoms with Crippen molar-refractivity contribution < 1.29 is 0 Å². The molecule has 0 N–H and O–H groups in total. The van der Waals surface area contributed by atoms with E-state index in [1.54, 1.807) is 0 Å². The monoisotopic (exact) mass is 328 g/mol. The van der Waals surface area contributed by atoms with Crippen molar-refractivity contribution in [3.8, 4) is 0 Å². The second kappa shape index (κ2) is 6.44. The predicted octanol–water partition coefficient (Wildman–Crippen LogP) is 5.64. The predicted molar refractivity (Wildman–Crippen MR) is 105 cm³/mol. The molecule has 2 aliphatic rings. The number of aliphatic imine (C=N–C) groups is 1. The Balaban J connectivity index is 1.91. The number of benzene rings is 1. The summed E-state index contributed by atoms with van der Waals surface area (Å²) in [5.41, 5.74) is 4.86. The number of aromatic nitrogens is 1. The summed E-state index contributed by atoms with van der Waals surface area (Å²) in [6.07, 6.45) is 10.9. The Bertz CT molecular complexity index is 833. The van der Waals surface area contributed by atoms with Crippen LogP contribution in [0.1, 0.15) is 37.9 Å². The van der Waals surface area contributed by atoms with Crippen LogP contribution < -0.4 is 0 Å². The quantitative estimate of drug-likeness (QED) is 0.666. The zero-order chi connectivity index (χ0) is 17.3. The van der Waals surface area contributed by atoms with E-state index in [9.17, 15) is 0 Å². The summed E-state index contributed by atoms with van der Waals surface area (Å²) < 4.78 is 0. The first-order valence-corrected chi connectivity index (χ1v) is 9.13. The van der Waals surface area contributed by atoms with Crippen molar-refractivity contribution in [2.24, 2.45) is 22.2 Å². The molecule has 2 aromatic rings. The molecular formula is C23H24N2. The summed E-state index contributed by atoms with van der Waals surface area (Å²) >= 11 is 0. The molecule has 0 amide bonds. The first-order chi connectivity index (χ1) is 12.3. The largest absolute Gasteiger partial charge is 0.260 e. The molecule has 126 valence electrons. The molecule has 1 aliphatic carbocycles.